The minimum absolute atomic E-state index is 0. The van der Waals surface area contributed by atoms with Gasteiger partial charge in [-0.2, -0.15) is 11.8 Å². The zero-order valence-corrected chi connectivity index (χ0v) is 17.4. The molecule has 1 rings (SSSR count). The monoisotopic (exact) mass is 455 g/mol. The van der Waals surface area contributed by atoms with Gasteiger partial charge < -0.3 is 15.0 Å². The summed E-state index contributed by atoms with van der Waals surface area (Å²) in [6.45, 7) is 11.5. The van der Waals surface area contributed by atoms with Gasteiger partial charge in [0, 0.05) is 31.1 Å². The number of thioether (sulfide) groups is 1. The van der Waals surface area contributed by atoms with E-state index in [4.69, 9.17) is 4.74 Å². The summed E-state index contributed by atoms with van der Waals surface area (Å²) < 4.78 is 5.11. The average Bonchev–Trinajstić information content (AvgIpc) is 2.54. The molecule has 1 aliphatic rings. The van der Waals surface area contributed by atoms with E-state index in [-0.39, 0.29) is 35.9 Å². The third kappa shape index (κ3) is 8.83. The Morgan fingerprint density at radius 3 is 2.70 bits per heavy atom. The largest absolute Gasteiger partial charge is 0.466 e. The normalized spacial score (nSPS) is 15.7. The Hall–Kier alpha value is -0.440. The summed E-state index contributed by atoms with van der Waals surface area (Å²) in [7, 11) is 0. The quantitative estimate of drug-likeness (QED) is 0.152. The van der Waals surface area contributed by atoms with Crippen LogP contribution in [-0.2, 0) is 9.53 Å². The number of nitrogens with one attached hydrogen (secondary N) is 1. The predicted octanol–water partition coefficient (Wildman–Crippen LogP) is 2.76. The molecule has 1 aliphatic heterocycles. The van der Waals surface area contributed by atoms with Crippen LogP contribution >= 0.6 is 35.7 Å². The summed E-state index contributed by atoms with van der Waals surface area (Å²) in [5, 5.41) is 3.34. The maximum Gasteiger partial charge on any atom is 0.309 e. The Balaban J connectivity index is 0.00000484. The van der Waals surface area contributed by atoms with Gasteiger partial charge in [-0.05, 0) is 26.7 Å². The van der Waals surface area contributed by atoms with E-state index in [1.165, 1.54) is 0 Å². The predicted molar refractivity (Wildman–Crippen MR) is 110 cm³/mol. The maximum absolute atomic E-state index is 11.8. The summed E-state index contributed by atoms with van der Waals surface area (Å²) in [4.78, 5) is 18.7. The number of hydrogen-bond acceptors (Lipinski definition) is 4. The van der Waals surface area contributed by atoms with Crippen molar-refractivity contribution in [3.8, 4) is 0 Å². The van der Waals surface area contributed by atoms with Gasteiger partial charge in [-0.25, -0.2) is 0 Å². The molecule has 23 heavy (non-hydrogen) atoms. The number of guanidine groups is 1. The molecule has 0 amide bonds. The highest BCUT2D eigenvalue weighted by Crippen LogP contribution is 2.18. The molecule has 0 bridgehead atoms. The molecule has 1 N–H and O–H groups in total. The molecule has 1 saturated heterocycles. The van der Waals surface area contributed by atoms with Crippen molar-refractivity contribution in [3.63, 3.8) is 0 Å². The molecule has 7 heteroatoms. The molecule has 5 nitrogen and oxygen atoms in total. The number of aliphatic imine (C=N–C) groups is 1. The van der Waals surface area contributed by atoms with Crippen molar-refractivity contribution in [1.29, 1.82) is 0 Å². The van der Waals surface area contributed by atoms with Gasteiger partial charge in [0.1, 0.15) is 0 Å². The Morgan fingerprint density at radius 2 is 2.13 bits per heavy atom. The molecule has 0 aromatic heterocycles. The SMILES string of the molecule is C=CCSCCN=C(NCC)N1CCC(C(=O)OCC)CC1.I. The third-order valence-corrected chi connectivity index (χ3v) is 4.42. The van der Waals surface area contributed by atoms with Crippen molar-refractivity contribution < 1.29 is 9.53 Å². The molecule has 0 aliphatic carbocycles. The van der Waals surface area contributed by atoms with Crippen LogP contribution in [0.5, 0.6) is 0 Å². The minimum atomic E-state index is -0.0510. The molecule has 1 fully saturated rings. The van der Waals surface area contributed by atoms with E-state index in [1.54, 1.807) is 0 Å². The van der Waals surface area contributed by atoms with Gasteiger partial charge in [-0.1, -0.05) is 6.08 Å². The van der Waals surface area contributed by atoms with Crippen LogP contribution in [0.2, 0.25) is 0 Å². The van der Waals surface area contributed by atoms with Gasteiger partial charge in [-0.15, -0.1) is 30.6 Å². The zero-order valence-electron chi connectivity index (χ0n) is 14.3. The number of carbonyl (C=O) groups excluding carboxylic acids is 1. The van der Waals surface area contributed by atoms with Gasteiger partial charge >= 0.3 is 5.97 Å². The summed E-state index contributed by atoms with van der Waals surface area (Å²) in [5.41, 5.74) is 0. The molecule has 134 valence electrons. The first-order valence-electron chi connectivity index (χ1n) is 8.11. The van der Waals surface area contributed by atoms with E-state index in [9.17, 15) is 4.79 Å². The van der Waals surface area contributed by atoms with Crippen molar-refractivity contribution in [2.24, 2.45) is 10.9 Å². The first kappa shape index (κ1) is 22.6. The van der Waals surface area contributed by atoms with Crippen LogP contribution in [0.25, 0.3) is 0 Å². The number of rotatable bonds is 8. The Kier molecular flexibility index (Phi) is 13.7. The van der Waals surface area contributed by atoms with Crippen molar-refractivity contribution in [2.75, 3.05) is 44.3 Å². The maximum atomic E-state index is 11.8. The van der Waals surface area contributed by atoms with E-state index in [1.807, 2.05) is 24.8 Å². The number of hydrogen-bond donors (Lipinski definition) is 1. The molecule has 1 heterocycles. The molecule has 0 unspecified atom stereocenters. The fraction of sp³-hybridized carbons (Fsp3) is 0.750. The number of ether oxygens (including phenoxy) is 1. The van der Waals surface area contributed by atoms with Crippen LogP contribution in [0.3, 0.4) is 0 Å². The molecule has 0 atom stereocenters. The second-order valence-electron chi connectivity index (χ2n) is 5.11. The second-order valence-corrected chi connectivity index (χ2v) is 6.26. The fourth-order valence-corrected chi connectivity index (χ4v) is 2.95. The Bertz CT molecular complexity index is 372. The van der Waals surface area contributed by atoms with Crippen LogP contribution in [0.4, 0.5) is 0 Å². The highest BCUT2D eigenvalue weighted by molar-refractivity contribution is 14.0. The smallest absolute Gasteiger partial charge is 0.309 e. The van der Waals surface area contributed by atoms with E-state index in [2.05, 4.69) is 28.7 Å². The summed E-state index contributed by atoms with van der Waals surface area (Å²) in [6, 6.07) is 0. The van der Waals surface area contributed by atoms with Crippen LogP contribution in [0.1, 0.15) is 26.7 Å². The highest BCUT2D eigenvalue weighted by Gasteiger charge is 2.27. The van der Waals surface area contributed by atoms with Crippen molar-refractivity contribution in [3.05, 3.63) is 12.7 Å². The molecular weight excluding hydrogens is 425 g/mol. The van der Waals surface area contributed by atoms with Gasteiger partial charge in [-0.3, -0.25) is 9.79 Å². The average molecular weight is 455 g/mol. The van der Waals surface area contributed by atoms with Gasteiger partial charge in [0.05, 0.1) is 19.1 Å². The van der Waals surface area contributed by atoms with Crippen LogP contribution < -0.4 is 5.32 Å². The van der Waals surface area contributed by atoms with Crippen LogP contribution in [0.15, 0.2) is 17.6 Å². The first-order valence-corrected chi connectivity index (χ1v) is 9.26. The van der Waals surface area contributed by atoms with Gasteiger partial charge in [0.2, 0.25) is 0 Å². The van der Waals surface area contributed by atoms with E-state index < -0.39 is 0 Å². The topological polar surface area (TPSA) is 53.9 Å². The lowest BCUT2D eigenvalue weighted by Crippen LogP contribution is -2.46. The minimum Gasteiger partial charge on any atom is -0.466 e. The highest BCUT2D eigenvalue weighted by atomic mass is 127. The second kappa shape index (κ2) is 13.9. The van der Waals surface area contributed by atoms with Gasteiger partial charge in [0.15, 0.2) is 5.96 Å². The van der Waals surface area contributed by atoms with Crippen molar-refractivity contribution in [1.82, 2.24) is 10.2 Å². The number of esters is 1. The van der Waals surface area contributed by atoms with E-state index >= 15 is 0 Å². The molecule has 0 radical (unpaired) electrons. The van der Waals surface area contributed by atoms with Gasteiger partial charge in [0.25, 0.3) is 0 Å². The van der Waals surface area contributed by atoms with Crippen molar-refractivity contribution in [2.45, 2.75) is 26.7 Å². The van der Waals surface area contributed by atoms with E-state index in [0.29, 0.717) is 6.61 Å². The standard InChI is InChI=1S/C16H29N3O2S.HI/c1-4-12-22-13-9-18-16(17-5-2)19-10-7-14(8-11-19)15(20)21-6-3;/h4,14H,1,5-13H2,2-3H3,(H,17,18);1H. The number of halogens is 1. The summed E-state index contributed by atoms with van der Waals surface area (Å²) >= 11 is 1.84. The summed E-state index contributed by atoms with van der Waals surface area (Å²) in [5.74, 6) is 2.92. The molecular formula is C16H30IN3O2S. The third-order valence-electron chi connectivity index (χ3n) is 3.48. The lowest BCUT2D eigenvalue weighted by atomic mass is 9.97. The van der Waals surface area contributed by atoms with E-state index in [0.717, 1.165) is 56.5 Å². The molecule has 0 aromatic carbocycles. The molecule has 0 saturated carbocycles. The Morgan fingerprint density at radius 1 is 1.43 bits per heavy atom. The Labute approximate surface area is 161 Å². The number of carbonyl (C=O) groups is 1. The van der Waals surface area contributed by atoms with Crippen LogP contribution in [-0.4, -0.2) is 61.1 Å². The first-order chi connectivity index (χ1) is 10.7. The number of piperidine rings is 1. The fourth-order valence-electron chi connectivity index (χ4n) is 2.40. The number of nitrogens with zero attached hydrogens (tertiary/aromatic N) is 2. The summed E-state index contributed by atoms with van der Waals surface area (Å²) in [6.07, 6.45) is 3.60. The van der Waals surface area contributed by atoms with Crippen LogP contribution in [0, 0.1) is 5.92 Å². The van der Waals surface area contributed by atoms with Crippen molar-refractivity contribution >= 4 is 47.7 Å². The number of likely N-dealkylation sites (tertiary alicyclic amines) is 1. The molecule has 0 spiro atoms. The lowest BCUT2D eigenvalue weighted by Gasteiger charge is -2.33. The zero-order chi connectivity index (χ0) is 16.2. The lowest BCUT2D eigenvalue weighted by molar-refractivity contribution is -0.149. The molecule has 0 aromatic rings.